The molecule has 13 heteroatoms. The molecule has 2 aromatic heterocycles. The highest BCUT2D eigenvalue weighted by molar-refractivity contribution is 7.91. The molecule has 5 rings (SSSR count). The summed E-state index contributed by atoms with van der Waals surface area (Å²) in [6, 6.07) is 5.21. The topological polar surface area (TPSA) is 172 Å². The van der Waals surface area contributed by atoms with Gasteiger partial charge in [-0.3, -0.25) is 14.4 Å². The first-order chi connectivity index (χ1) is 16.8. The van der Waals surface area contributed by atoms with E-state index in [1.165, 1.54) is 12.5 Å². The average molecular weight is 499 g/mol. The van der Waals surface area contributed by atoms with Crippen LogP contribution in [-0.2, 0) is 21.2 Å². The highest BCUT2D eigenvalue weighted by Crippen LogP contribution is 2.28. The molecule has 12 nitrogen and oxygen atoms in total. The first kappa shape index (κ1) is 22.8. The van der Waals surface area contributed by atoms with Gasteiger partial charge in [0, 0.05) is 19.3 Å². The number of carbonyl (C=O) groups excluding carboxylic acids is 3. The van der Waals surface area contributed by atoms with Crippen LogP contribution < -0.4 is 20.7 Å². The SMILES string of the molecule is O=C1COc2ccc(CNC(=O)c3ncnc4c(C(=O)NCC5CCS(=O)(=O)C5)c[nH]c34)cc2N1. The molecule has 1 aromatic carbocycles. The highest BCUT2D eigenvalue weighted by Gasteiger charge is 2.28. The molecule has 1 saturated heterocycles. The van der Waals surface area contributed by atoms with Gasteiger partial charge in [-0.1, -0.05) is 6.07 Å². The minimum Gasteiger partial charge on any atom is -0.482 e. The number of benzene rings is 1. The van der Waals surface area contributed by atoms with Crippen LogP contribution in [0.3, 0.4) is 0 Å². The number of nitrogens with zero attached hydrogens (tertiary/aromatic N) is 2. The molecule has 0 aliphatic carbocycles. The first-order valence-electron chi connectivity index (χ1n) is 10.9. The van der Waals surface area contributed by atoms with Gasteiger partial charge in [-0.25, -0.2) is 18.4 Å². The van der Waals surface area contributed by atoms with Crippen LogP contribution in [0.5, 0.6) is 5.75 Å². The molecule has 3 aromatic rings. The van der Waals surface area contributed by atoms with Gasteiger partial charge in [-0.2, -0.15) is 0 Å². The normalized spacial score (nSPS) is 18.4. The Hall–Kier alpha value is -4.00. The van der Waals surface area contributed by atoms with E-state index < -0.39 is 21.7 Å². The molecular weight excluding hydrogens is 476 g/mol. The lowest BCUT2D eigenvalue weighted by molar-refractivity contribution is -0.118. The third-order valence-electron chi connectivity index (χ3n) is 5.93. The maximum atomic E-state index is 12.8. The van der Waals surface area contributed by atoms with E-state index >= 15 is 0 Å². The second kappa shape index (κ2) is 8.98. The molecule has 0 saturated carbocycles. The molecule has 35 heavy (non-hydrogen) atoms. The smallest absolute Gasteiger partial charge is 0.272 e. The van der Waals surface area contributed by atoms with E-state index in [1.807, 2.05) is 0 Å². The van der Waals surface area contributed by atoms with Gasteiger partial charge in [-0.05, 0) is 30.0 Å². The molecule has 0 bridgehead atoms. The fraction of sp³-hybridized carbons (Fsp3) is 0.318. The zero-order valence-electron chi connectivity index (χ0n) is 18.5. The second-order valence-corrected chi connectivity index (χ2v) is 10.7. The Morgan fingerprint density at radius 3 is 2.83 bits per heavy atom. The van der Waals surface area contributed by atoms with Crippen molar-refractivity contribution < 1.29 is 27.5 Å². The summed E-state index contributed by atoms with van der Waals surface area (Å²) in [5.41, 5.74) is 2.19. The third kappa shape index (κ3) is 4.80. The predicted molar refractivity (Wildman–Crippen MR) is 125 cm³/mol. The summed E-state index contributed by atoms with van der Waals surface area (Å²) in [6.45, 7) is 0.382. The summed E-state index contributed by atoms with van der Waals surface area (Å²) in [5, 5.41) is 8.25. The molecule has 1 atom stereocenters. The number of hydrogen-bond donors (Lipinski definition) is 4. The number of carbonyl (C=O) groups is 3. The standard InChI is InChI=1S/C22H22N6O6S/c29-17-9-34-16-2-1-12(5-15(16)28-17)6-25-22(31)20-19-18(26-11-27-20)14(8-23-19)21(30)24-7-13-3-4-35(32,33)10-13/h1-2,5,8,11,13,23H,3-4,6-7,9-10H2,(H,24,30)(H,25,31)(H,28,29). The molecule has 4 heterocycles. The number of ether oxygens (including phenoxy) is 1. The van der Waals surface area contributed by atoms with Gasteiger partial charge >= 0.3 is 0 Å². The molecule has 2 aliphatic rings. The fourth-order valence-corrected chi connectivity index (χ4v) is 6.02. The maximum absolute atomic E-state index is 12.8. The Balaban J connectivity index is 1.26. The monoisotopic (exact) mass is 498 g/mol. The van der Waals surface area contributed by atoms with Gasteiger partial charge in [0.15, 0.2) is 22.1 Å². The van der Waals surface area contributed by atoms with Crippen molar-refractivity contribution in [3.63, 3.8) is 0 Å². The molecule has 1 unspecified atom stereocenters. The van der Waals surface area contributed by atoms with Crippen LogP contribution >= 0.6 is 0 Å². The van der Waals surface area contributed by atoms with Gasteiger partial charge in [-0.15, -0.1) is 0 Å². The number of aromatic nitrogens is 3. The Labute approximate surface area is 199 Å². The van der Waals surface area contributed by atoms with Gasteiger partial charge in [0.05, 0.1) is 28.3 Å². The Morgan fingerprint density at radius 2 is 2.03 bits per heavy atom. The largest absolute Gasteiger partial charge is 0.482 e. The highest BCUT2D eigenvalue weighted by atomic mass is 32.2. The molecule has 1 fully saturated rings. The third-order valence-corrected chi connectivity index (χ3v) is 7.77. The zero-order chi connectivity index (χ0) is 24.6. The van der Waals surface area contributed by atoms with Crippen LogP contribution in [-0.4, -0.2) is 65.7 Å². The van der Waals surface area contributed by atoms with Crippen molar-refractivity contribution in [1.29, 1.82) is 0 Å². The molecule has 3 amide bonds. The Morgan fingerprint density at radius 1 is 1.17 bits per heavy atom. The number of sulfone groups is 1. The van der Waals surface area contributed by atoms with Crippen molar-refractivity contribution in [1.82, 2.24) is 25.6 Å². The average Bonchev–Trinajstić information content (AvgIpc) is 3.43. The maximum Gasteiger partial charge on any atom is 0.272 e. The molecule has 2 aliphatic heterocycles. The summed E-state index contributed by atoms with van der Waals surface area (Å²) < 4.78 is 28.6. The molecule has 0 spiro atoms. The van der Waals surface area contributed by atoms with Gasteiger partial charge in [0.25, 0.3) is 17.7 Å². The van der Waals surface area contributed by atoms with Crippen molar-refractivity contribution >= 4 is 44.3 Å². The lowest BCUT2D eigenvalue weighted by atomic mass is 10.1. The molecule has 0 radical (unpaired) electrons. The molecule has 182 valence electrons. The molecular formula is C22H22N6O6S. The summed E-state index contributed by atoms with van der Waals surface area (Å²) in [7, 11) is -3.03. The van der Waals surface area contributed by atoms with Crippen molar-refractivity contribution in [3.8, 4) is 5.75 Å². The number of H-pyrrole nitrogens is 1. The van der Waals surface area contributed by atoms with Crippen LogP contribution in [0.4, 0.5) is 5.69 Å². The van der Waals surface area contributed by atoms with E-state index in [9.17, 15) is 22.8 Å². The minimum absolute atomic E-state index is 0.0363. The van der Waals surface area contributed by atoms with E-state index in [4.69, 9.17) is 4.74 Å². The number of anilines is 1. The van der Waals surface area contributed by atoms with Crippen molar-refractivity contribution in [2.45, 2.75) is 13.0 Å². The van der Waals surface area contributed by atoms with E-state index in [-0.39, 0.29) is 59.8 Å². The fourth-order valence-electron chi connectivity index (χ4n) is 4.16. The van der Waals surface area contributed by atoms with Crippen LogP contribution in [0.1, 0.15) is 32.8 Å². The quantitative estimate of drug-likeness (QED) is 0.378. The predicted octanol–water partition coefficient (Wildman–Crippen LogP) is 0.383. The second-order valence-electron chi connectivity index (χ2n) is 8.48. The van der Waals surface area contributed by atoms with Gasteiger partial charge in [0.1, 0.15) is 17.6 Å². The van der Waals surface area contributed by atoms with E-state index in [1.54, 1.807) is 18.2 Å². The van der Waals surface area contributed by atoms with Crippen molar-refractivity contribution in [3.05, 3.63) is 47.5 Å². The van der Waals surface area contributed by atoms with Crippen LogP contribution in [0.15, 0.2) is 30.7 Å². The van der Waals surface area contributed by atoms with Gasteiger partial charge in [0.2, 0.25) is 0 Å². The number of nitrogens with one attached hydrogen (secondary N) is 4. The van der Waals surface area contributed by atoms with Crippen LogP contribution in [0.2, 0.25) is 0 Å². The van der Waals surface area contributed by atoms with Crippen molar-refractivity contribution in [2.75, 3.05) is 30.0 Å². The van der Waals surface area contributed by atoms with E-state index in [0.717, 1.165) is 5.56 Å². The number of fused-ring (bicyclic) bond motifs is 2. The summed E-state index contributed by atoms with van der Waals surface area (Å²) in [4.78, 5) is 48.2. The number of aromatic amines is 1. The Kier molecular flexibility index (Phi) is 5.84. The Bertz CT molecular complexity index is 1450. The summed E-state index contributed by atoms with van der Waals surface area (Å²) >= 11 is 0. The first-order valence-corrected chi connectivity index (χ1v) is 12.8. The number of rotatable bonds is 6. The van der Waals surface area contributed by atoms with E-state index in [0.29, 0.717) is 23.4 Å². The van der Waals surface area contributed by atoms with Crippen LogP contribution in [0, 0.1) is 5.92 Å². The lowest BCUT2D eigenvalue weighted by Gasteiger charge is -2.18. The zero-order valence-corrected chi connectivity index (χ0v) is 19.3. The lowest BCUT2D eigenvalue weighted by Crippen LogP contribution is -2.29. The minimum atomic E-state index is -3.03. The van der Waals surface area contributed by atoms with Gasteiger partial charge < -0.3 is 25.7 Å². The summed E-state index contributed by atoms with van der Waals surface area (Å²) in [6.07, 6.45) is 3.17. The van der Waals surface area contributed by atoms with E-state index in [2.05, 4.69) is 30.9 Å². The summed E-state index contributed by atoms with van der Waals surface area (Å²) in [5.74, 6) is -0.485. The number of amides is 3. The molecule has 4 N–H and O–H groups in total. The van der Waals surface area contributed by atoms with Crippen LogP contribution in [0.25, 0.3) is 11.0 Å². The van der Waals surface area contributed by atoms with Crippen molar-refractivity contribution in [2.24, 2.45) is 5.92 Å². The number of hydrogen-bond acceptors (Lipinski definition) is 8.